The van der Waals surface area contributed by atoms with Crippen molar-refractivity contribution in [3.05, 3.63) is 93.8 Å². The van der Waals surface area contributed by atoms with Gasteiger partial charge in [0.25, 0.3) is 5.69 Å². The van der Waals surface area contributed by atoms with Crippen LogP contribution in [0.4, 0.5) is 11.4 Å². The van der Waals surface area contributed by atoms with Crippen molar-refractivity contribution < 1.29 is 13.3 Å². The Morgan fingerprint density at radius 1 is 1.07 bits per heavy atom. The number of anilines is 1. The van der Waals surface area contributed by atoms with Gasteiger partial charge in [-0.1, -0.05) is 35.9 Å². The molecule has 3 aromatic rings. The van der Waals surface area contributed by atoms with Gasteiger partial charge >= 0.3 is 0 Å². The molecule has 0 fully saturated rings. The Kier molecular flexibility index (Phi) is 5.41. The van der Waals surface area contributed by atoms with Gasteiger partial charge in [-0.05, 0) is 36.8 Å². The lowest BCUT2D eigenvalue weighted by Gasteiger charge is -2.20. The number of aryl methyl sites for hydroxylation is 1. The molecule has 0 saturated heterocycles. The fraction of sp³-hybridized carbons (Fsp3) is 0.150. The van der Waals surface area contributed by atoms with Gasteiger partial charge in [0.2, 0.25) is 0 Å². The Hall–Kier alpha value is -3.26. The summed E-state index contributed by atoms with van der Waals surface area (Å²) in [5.74, 6) is 0. The van der Waals surface area contributed by atoms with Gasteiger partial charge in [-0.15, -0.1) is 0 Å². The monoisotopic (exact) mass is 397 g/mol. The summed E-state index contributed by atoms with van der Waals surface area (Å²) in [7, 11) is -3.56. The second kappa shape index (κ2) is 7.77. The van der Waals surface area contributed by atoms with Crippen molar-refractivity contribution in [2.75, 3.05) is 11.6 Å². The summed E-state index contributed by atoms with van der Waals surface area (Å²) in [5, 5.41) is 14.7. The number of sulfone groups is 1. The zero-order chi connectivity index (χ0) is 20.3. The Labute approximate surface area is 163 Å². The van der Waals surface area contributed by atoms with Gasteiger partial charge in [-0.2, -0.15) is 0 Å². The van der Waals surface area contributed by atoms with Crippen molar-refractivity contribution in [3.8, 4) is 0 Å². The molecule has 3 rings (SSSR count). The Morgan fingerprint density at radius 3 is 2.46 bits per heavy atom. The predicted octanol–water partition coefficient (Wildman–Crippen LogP) is 3.90. The largest absolute Gasteiger partial charge is 0.367 e. The third-order valence-electron chi connectivity index (χ3n) is 4.25. The molecule has 0 spiro atoms. The van der Waals surface area contributed by atoms with Crippen LogP contribution in [-0.4, -0.2) is 24.6 Å². The van der Waals surface area contributed by atoms with E-state index in [0.717, 1.165) is 23.4 Å². The molecule has 0 aliphatic rings. The summed E-state index contributed by atoms with van der Waals surface area (Å²) >= 11 is 0. The lowest BCUT2D eigenvalue weighted by Crippen LogP contribution is -2.15. The molecule has 0 aliphatic carbocycles. The van der Waals surface area contributed by atoms with Crippen LogP contribution in [0.2, 0.25) is 0 Å². The van der Waals surface area contributed by atoms with Crippen LogP contribution in [-0.2, 0) is 9.84 Å². The van der Waals surface area contributed by atoms with Crippen LogP contribution in [0.3, 0.4) is 0 Å². The minimum absolute atomic E-state index is 0.102. The van der Waals surface area contributed by atoms with E-state index in [4.69, 9.17) is 0 Å². The quantitative estimate of drug-likeness (QED) is 0.500. The van der Waals surface area contributed by atoms with E-state index < -0.39 is 20.8 Å². The summed E-state index contributed by atoms with van der Waals surface area (Å²) in [6.07, 6.45) is 2.67. The Morgan fingerprint density at radius 2 is 1.86 bits per heavy atom. The van der Waals surface area contributed by atoms with E-state index in [1.54, 1.807) is 12.3 Å². The molecule has 7 nitrogen and oxygen atoms in total. The Bertz CT molecular complexity index is 1120. The fourth-order valence-electron chi connectivity index (χ4n) is 2.90. The summed E-state index contributed by atoms with van der Waals surface area (Å²) < 4.78 is 23.5. The molecule has 0 aliphatic heterocycles. The minimum Gasteiger partial charge on any atom is -0.367 e. The first-order chi connectivity index (χ1) is 13.3. The lowest BCUT2D eigenvalue weighted by atomic mass is 10.0. The Balaban J connectivity index is 2.10. The maximum atomic E-state index is 11.8. The van der Waals surface area contributed by atoms with Crippen molar-refractivity contribution in [2.45, 2.75) is 17.9 Å². The number of hydrogen-bond donors (Lipinski definition) is 1. The molecule has 2 aromatic carbocycles. The summed E-state index contributed by atoms with van der Waals surface area (Å²) in [6, 6.07) is 16.6. The van der Waals surface area contributed by atoms with Crippen LogP contribution in [0.25, 0.3) is 0 Å². The molecular weight excluding hydrogens is 378 g/mol. The van der Waals surface area contributed by atoms with E-state index in [0.29, 0.717) is 5.69 Å². The number of nitro groups is 1. The van der Waals surface area contributed by atoms with Crippen LogP contribution in [0.5, 0.6) is 0 Å². The fourth-order valence-corrected chi connectivity index (χ4v) is 3.54. The van der Waals surface area contributed by atoms with Crippen molar-refractivity contribution in [3.63, 3.8) is 0 Å². The highest BCUT2D eigenvalue weighted by molar-refractivity contribution is 7.90. The smallest absolute Gasteiger partial charge is 0.293 e. The highest BCUT2D eigenvalue weighted by atomic mass is 32.2. The lowest BCUT2D eigenvalue weighted by molar-refractivity contribution is -0.384. The van der Waals surface area contributed by atoms with Crippen molar-refractivity contribution in [1.29, 1.82) is 0 Å². The van der Waals surface area contributed by atoms with Gasteiger partial charge in [0, 0.05) is 18.5 Å². The van der Waals surface area contributed by atoms with Crippen LogP contribution in [0, 0.1) is 17.0 Å². The molecule has 1 heterocycles. The predicted molar refractivity (Wildman–Crippen MR) is 107 cm³/mol. The second-order valence-corrected chi connectivity index (χ2v) is 8.47. The highest BCUT2D eigenvalue weighted by Gasteiger charge is 2.23. The topological polar surface area (TPSA) is 102 Å². The first-order valence-corrected chi connectivity index (χ1v) is 10.4. The number of benzene rings is 2. The first kappa shape index (κ1) is 19.5. The molecular formula is C20H19N3O4S. The molecule has 28 heavy (non-hydrogen) atoms. The molecule has 0 amide bonds. The number of nitrogens with one attached hydrogen (secondary N) is 1. The van der Waals surface area contributed by atoms with Crippen LogP contribution in [0.1, 0.15) is 22.9 Å². The molecule has 0 saturated carbocycles. The van der Waals surface area contributed by atoms with E-state index in [1.165, 1.54) is 12.1 Å². The average molecular weight is 397 g/mol. The van der Waals surface area contributed by atoms with Gasteiger partial charge in [0.1, 0.15) is 5.69 Å². The van der Waals surface area contributed by atoms with E-state index in [9.17, 15) is 18.5 Å². The standard InChI is InChI=1S/C20H19N3O4S/c1-14-6-5-7-15(12-14)20(18-8-3-4-11-21-18)22-17-10-9-16(28(2,26)27)13-19(17)23(24)25/h3-13,20,22H,1-2H3. The van der Waals surface area contributed by atoms with Gasteiger partial charge < -0.3 is 5.32 Å². The number of rotatable bonds is 6. The first-order valence-electron chi connectivity index (χ1n) is 8.48. The third kappa shape index (κ3) is 4.34. The number of nitrogens with zero attached hydrogens (tertiary/aromatic N) is 2. The zero-order valence-corrected chi connectivity index (χ0v) is 16.2. The van der Waals surface area contributed by atoms with Crippen molar-refractivity contribution >= 4 is 21.2 Å². The second-order valence-electron chi connectivity index (χ2n) is 6.45. The summed E-state index contributed by atoms with van der Waals surface area (Å²) in [4.78, 5) is 15.3. The SMILES string of the molecule is Cc1cccc(C(Nc2ccc(S(C)(=O)=O)cc2[N+](=O)[O-])c2ccccn2)c1. The molecule has 1 atom stereocenters. The number of hydrogen-bond acceptors (Lipinski definition) is 6. The molecule has 1 unspecified atom stereocenters. The number of aromatic nitrogens is 1. The van der Waals surface area contributed by atoms with Crippen molar-refractivity contribution in [1.82, 2.24) is 4.98 Å². The van der Waals surface area contributed by atoms with Crippen LogP contribution in [0.15, 0.2) is 71.8 Å². The number of nitro benzene ring substituents is 1. The van der Waals surface area contributed by atoms with E-state index in [-0.39, 0.29) is 16.3 Å². The van der Waals surface area contributed by atoms with Gasteiger partial charge in [0.15, 0.2) is 9.84 Å². The molecule has 1 aromatic heterocycles. The molecule has 0 bridgehead atoms. The maximum absolute atomic E-state index is 11.8. The van der Waals surface area contributed by atoms with Gasteiger partial charge in [0.05, 0.1) is 21.6 Å². The highest BCUT2D eigenvalue weighted by Crippen LogP contribution is 2.33. The zero-order valence-electron chi connectivity index (χ0n) is 15.4. The van der Waals surface area contributed by atoms with Crippen LogP contribution >= 0.6 is 0 Å². The molecule has 8 heteroatoms. The third-order valence-corrected chi connectivity index (χ3v) is 5.36. The van der Waals surface area contributed by atoms with Crippen LogP contribution < -0.4 is 5.32 Å². The average Bonchev–Trinajstić information content (AvgIpc) is 2.66. The maximum Gasteiger partial charge on any atom is 0.293 e. The minimum atomic E-state index is -3.56. The normalized spacial score (nSPS) is 12.4. The molecule has 1 N–H and O–H groups in total. The summed E-state index contributed by atoms with van der Waals surface area (Å²) in [5.41, 5.74) is 2.53. The summed E-state index contributed by atoms with van der Waals surface area (Å²) in [6.45, 7) is 1.96. The number of pyridine rings is 1. The van der Waals surface area contributed by atoms with Crippen molar-refractivity contribution in [2.24, 2.45) is 0 Å². The van der Waals surface area contributed by atoms with Gasteiger partial charge in [-0.3, -0.25) is 15.1 Å². The van der Waals surface area contributed by atoms with Gasteiger partial charge in [-0.25, -0.2) is 8.42 Å². The van der Waals surface area contributed by atoms with E-state index in [2.05, 4.69) is 10.3 Å². The van der Waals surface area contributed by atoms with E-state index >= 15 is 0 Å². The molecule has 144 valence electrons. The van der Waals surface area contributed by atoms with E-state index in [1.807, 2.05) is 43.3 Å². The molecule has 0 radical (unpaired) electrons.